The molecule has 2 aromatic carbocycles. The molecule has 0 atom stereocenters. The second kappa shape index (κ2) is 18.7. The van der Waals surface area contributed by atoms with Crippen molar-refractivity contribution >= 4 is 57.9 Å². The van der Waals surface area contributed by atoms with Crippen LogP contribution < -0.4 is 30.3 Å². The third-order valence-electron chi connectivity index (χ3n) is 11.9. The maximum absolute atomic E-state index is 13.1. The van der Waals surface area contributed by atoms with E-state index < -0.39 is 7.04 Å². The Labute approximate surface area is 391 Å². The smallest absolute Gasteiger partial charge is 0.326 e. The third kappa shape index (κ3) is 9.66. The molecule has 6 aromatic rings. The Morgan fingerprint density at radius 2 is 1.24 bits per heavy atom. The molecule has 0 spiro atoms. The summed E-state index contributed by atoms with van der Waals surface area (Å²) in [6, 6.07) is 14.0. The zero-order valence-electron chi connectivity index (χ0n) is 40.8. The fourth-order valence-corrected chi connectivity index (χ4v) is 7.83. The van der Waals surface area contributed by atoms with Crippen molar-refractivity contribution in [2.45, 2.75) is 58.4 Å². The topological polar surface area (TPSA) is 217 Å². The predicted octanol–water partition coefficient (Wildman–Crippen LogP) is 7.44. The van der Waals surface area contributed by atoms with Gasteiger partial charge in [-0.3, -0.25) is 28.6 Å². The largest absolute Gasteiger partial charge is 0.494 e. The highest BCUT2D eigenvalue weighted by atomic mass is 16.5. The van der Waals surface area contributed by atoms with Crippen LogP contribution in [-0.2, 0) is 18.9 Å². The average Bonchev–Trinajstić information content (AvgIpc) is 4.26. The van der Waals surface area contributed by atoms with E-state index in [1.54, 1.807) is 73.6 Å². The van der Waals surface area contributed by atoms with Gasteiger partial charge in [0.05, 0.1) is 63.3 Å². The van der Waals surface area contributed by atoms with Gasteiger partial charge >= 0.3 is 6.03 Å². The summed E-state index contributed by atoms with van der Waals surface area (Å²) in [4.78, 5) is 72.1. The van der Waals surface area contributed by atoms with E-state index in [9.17, 15) is 19.2 Å². The standard InChI is InChI=1S/C25H29N7O3.C23H24N6O3/c1-15(2)31-10-11-32(25(31)34)21-12-20(18(13-26-21)22(33)16-8-9-16)28-19-7-5-6-17(23(19)35-4)24-27-14-30(3)29-24;1-29-12-25-22(28-29)15-4-3-5-17(21(15)32-2)26-18-10-19(27-23(31)14-8-9-14)24-11-16(18)20(30)13-6-7-13/h5-7,12-16H,8-11H2,1-4H3,(H,26,28);3-5,10-14H,6-9H2,1-2H3,(H2,24,26,27,31)/i;2D3. The van der Waals surface area contributed by atoms with Crippen LogP contribution in [0.15, 0.2) is 73.6 Å². The van der Waals surface area contributed by atoms with Gasteiger partial charge in [0.15, 0.2) is 34.7 Å². The predicted molar refractivity (Wildman–Crippen MR) is 251 cm³/mol. The van der Waals surface area contributed by atoms with Crippen LogP contribution >= 0.6 is 0 Å². The van der Waals surface area contributed by atoms with Gasteiger partial charge in [0, 0.05) is 75.5 Å². The molecular weight excluding hydrogens is 855 g/mol. The van der Waals surface area contributed by atoms with E-state index in [0.717, 1.165) is 44.1 Å². The number of aromatic nitrogens is 8. The summed E-state index contributed by atoms with van der Waals surface area (Å²) in [7, 11) is 2.35. The van der Waals surface area contributed by atoms with Gasteiger partial charge in [-0.25, -0.2) is 24.7 Å². The number of Topliss-reactive ketones (excluding diaryl/α,β-unsaturated/α-hetero) is 2. The van der Waals surface area contributed by atoms with Gasteiger partial charge in [-0.1, -0.05) is 12.1 Å². The maximum Gasteiger partial charge on any atom is 0.326 e. The van der Waals surface area contributed by atoms with Crippen LogP contribution in [0.1, 0.15) is 77.2 Å². The molecule has 3 saturated carbocycles. The lowest BCUT2D eigenvalue weighted by Gasteiger charge is -2.22. The molecule has 4 aromatic heterocycles. The van der Waals surface area contributed by atoms with Gasteiger partial charge < -0.3 is 30.3 Å². The van der Waals surface area contributed by atoms with Crippen LogP contribution in [0.5, 0.6) is 11.5 Å². The lowest BCUT2D eigenvalue weighted by atomic mass is 10.1. The fourth-order valence-electron chi connectivity index (χ4n) is 7.83. The SMILES string of the molecule is COc1c(Nc2cc(N3CCN(C(C)C)C3=O)ncc2C(=O)C2CC2)cccc1-c1ncn(C)n1.[2H]C([2H])([2H])Oc1c(Nc2cc(NC(=O)C3CC3)ncc2C(=O)C2CC2)cccc1-c1ncn(C)n1. The molecule has 19 nitrogen and oxygen atoms in total. The first-order chi connectivity index (χ1) is 33.5. The number of hydrogen-bond donors (Lipinski definition) is 3. The van der Waals surface area contributed by atoms with Gasteiger partial charge in [-0.15, -0.1) is 0 Å². The van der Waals surface area contributed by atoms with Crippen molar-refractivity contribution in [1.29, 1.82) is 0 Å². The first-order valence-corrected chi connectivity index (χ1v) is 22.3. The number of ketones is 2. The van der Waals surface area contributed by atoms with E-state index >= 15 is 0 Å². The molecule has 5 heterocycles. The number of ether oxygens (including phenoxy) is 2. The summed E-state index contributed by atoms with van der Waals surface area (Å²) < 4.78 is 37.2. The van der Waals surface area contributed by atoms with Crippen molar-refractivity contribution in [2.75, 3.05) is 48.1 Å². The number of pyridine rings is 2. The number of urea groups is 1. The number of methoxy groups -OCH3 is 2. The third-order valence-corrected chi connectivity index (χ3v) is 11.9. The first-order valence-electron chi connectivity index (χ1n) is 23.8. The number of aryl methyl sites for hydroxylation is 2. The highest BCUT2D eigenvalue weighted by Crippen LogP contribution is 2.42. The van der Waals surface area contributed by atoms with Crippen LogP contribution in [0.3, 0.4) is 0 Å². The van der Waals surface area contributed by atoms with E-state index in [2.05, 4.69) is 46.1 Å². The maximum atomic E-state index is 13.1. The average molecular weight is 911 g/mol. The number of benzene rings is 2. The Balaban J connectivity index is 0.000000174. The number of nitrogens with one attached hydrogen (secondary N) is 3. The molecule has 0 bridgehead atoms. The molecule has 0 radical (unpaired) electrons. The van der Waals surface area contributed by atoms with E-state index in [0.29, 0.717) is 75.7 Å². The first kappa shape index (κ1) is 40.8. The highest BCUT2D eigenvalue weighted by molar-refractivity contribution is 6.06. The van der Waals surface area contributed by atoms with E-state index in [-0.39, 0.29) is 58.9 Å². The molecule has 1 saturated heterocycles. The number of carbonyl (C=O) groups is 4. The molecule has 3 N–H and O–H groups in total. The summed E-state index contributed by atoms with van der Waals surface area (Å²) >= 11 is 0. The number of hydrogen-bond acceptors (Lipinski definition) is 14. The zero-order chi connectivity index (χ0) is 49.4. The Kier molecular flexibility index (Phi) is 11.4. The quantitative estimate of drug-likeness (QED) is 0.0805. The lowest BCUT2D eigenvalue weighted by Crippen LogP contribution is -2.36. The monoisotopic (exact) mass is 910 g/mol. The minimum Gasteiger partial charge on any atom is -0.494 e. The molecule has 3 aliphatic carbocycles. The molecule has 10 rings (SSSR count). The molecular formula is C48H53N13O6. The number of para-hydroxylation sites is 2. The van der Waals surface area contributed by atoms with Gasteiger partial charge in [0.1, 0.15) is 24.3 Å². The van der Waals surface area contributed by atoms with Crippen molar-refractivity contribution in [3.8, 4) is 34.3 Å². The minimum absolute atomic E-state index is 0.0113. The number of rotatable bonds is 16. The molecule has 346 valence electrons. The van der Waals surface area contributed by atoms with E-state index in [4.69, 9.17) is 13.6 Å². The van der Waals surface area contributed by atoms with Crippen LogP contribution in [0.2, 0.25) is 0 Å². The van der Waals surface area contributed by atoms with Crippen LogP contribution in [0.25, 0.3) is 22.8 Å². The van der Waals surface area contributed by atoms with Crippen molar-refractivity contribution in [3.05, 3.63) is 84.7 Å². The minimum atomic E-state index is -2.74. The fraction of sp³-hybridized carbons (Fsp3) is 0.375. The van der Waals surface area contributed by atoms with E-state index in [1.165, 1.54) is 17.2 Å². The van der Waals surface area contributed by atoms with Crippen LogP contribution in [-0.4, -0.2) is 101 Å². The molecule has 4 fully saturated rings. The summed E-state index contributed by atoms with van der Waals surface area (Å²) in [5.41, 5.74) is 3.92. The number of amides is 3. The molecule has 3 amide bonds. The summed E-state index contributed by atoms with van der Waals surface area (Å²) in [5, 5.41) is 18.0. The summed E-state index contributed by atoms with van der Waals surface area (Å²) in [6.07, 6.45) is 11.2. The molecule has 0 unspecified atom stereocenters. The lowest BCUT2D eigenvalue weighted by molar-refractivity contribution is -0.117. The Morgan fingerprint density at radius 3 is 1.72 bits per heavy atom. The number of nitrogens with zero attached hydrogens (tertiary/aromatic N) is 10. The van der Waals surface area contributed by atoms with Gasteiger partial charge in [0.25, 0.3) is 0 Å². The molecule has 19 heteroatoms. The van der Waals surface area contributed by atoms with Crippen LogP contribution in [0, 0.1) is 17.8 Å². The Morgan fingerprint density at radius 1 is 0.701 bits per heavy atom. The zero-order valence-corrected chi connectivity index (χ0v) is 37.8. The van der Waals surface area contributed by atoms with E-state index in [1.807, 2.05) is 36.9 Å². The summed E-state index contributed by atoms with van der Waals surface area (Å²) in [5.74, 6) is 2.06. The summed E-state index contributed by atoms with van der Waals surface area (Å²) in [6.45, 7) is 5.17. The van der Waals surface area contributed by atoms with Gasteiger partial charge in [0.2, 0.25) is 5.91 Å². The molecule has 67 heavy (non-hydrogen) atoms. The van der Waals surface area contributed by atoms with Crippen molar-refractivity contribution in [2.24, 2.45) is 31.8 Å². The van der Waals surface area contributed by atoms with Gasteiger partial charge in [-0.05, 0) is 76.6 Å². The highest BCUT2D eigenvalue weighted by Gasteiger charge is 2.36. The van der Waals surface area contributed by atoms with Crippen LogP contribution in [0.4, 0.5) is 39.2 Å². The normalized spacial score (nSPS) is 16.4. The number of anilines is 6. The second-order valence-electron chi connectivity index (χ2n) is 17.4. The van der Waals surface area contributed by atoms with Crippen molar-refractivity contribution < 1.29 is 32.8 Å². The molecule has 1 aliphatic heterocycles. The second-order valence-corrected chi connectivity index (χ2v) is 17.4. The Bertz CT molecular complexity index is 2980. The van der Waals surface area contributed by atoms with Crippen molar-refractivity contribution in [1.82, 2.24) is 44.4 Å². The Hall–Kier alpha value is -7.70. The van der Waals surface area contributed by atoms with Gasteiger partial charge in [-0.2, -0.15) is 10.2 Å². The molecule has 4 aliphatic rings. The van der Waals surface area contributed by atoms with Crippen molar-refractivity contribution in [3.63, 3.8) is 0 Å². The number of carbonyl (C=O) groups excluding carboxylic acids is 4.